The molecule has 92 valence electrons. The molecule has 0 aliphatic carbocycles. The van der Waals surface area contributed by atoms with Gasteiger partial charge in [0.1, 0.15) is 6.61 Å². The van der Waals surface area contributed by atoms with Crippen molar-refractivity contribution in [2.45, 2.75) is 38.7 Å². The van der Waals surface area contributed by atoms with Gasteiger partial charge in [-0.25, -0.2) is 0 Å². The lowest BCUT2D eigenvalue weighted by molar-refractivity contribution is -0.149. The minimum absolute atomic E-state index is 0.00333. The van der Waals surface area contributed by atoms with Crippen molar-refractivity contribution in [3.63, 3.8) is 0 Å². The Balaban J connectivity index is 2.28. The predicted octanol–water partition coefficient (Wildman–Crippen LogP) is 0.879. The van der Waals surface area contributed by atoms with E-state index in [0.29, 0.717) is 19.4 Å². The lowest BCUT2D eigenvalue weighted by Gasteiger charge is -2.32. The smallest absolute Gasteiger partial charge is 0.303 e. The Hall–Kier alpha value is -1.10. The zero-order valence-electron chi connectivity index (χ0n) is 9.65. The minimum atomic E-state index is -0.780. The third-order valence-corrected chi connectivity index (χ3v) is 2.63. The van der Waals surface area contributed by atoms with Gasteiger partial charge in [-0.2, -0.15) is 0 Å². The molecular formula is C11H19NO4. The largest absolute Gasteiger partial charge is 0.481 e. The molecule has 16 heavy (non-hydrogen) atoms. The highest BCUT2D eigenvalue weighted by molar-refractivity contribution is 5.78. The van der Waals surface area contributed by atoms with Crippen LogP contribution in [0.15, 0.2) is 0 Å². The van der Waals surface area contributed by atoms with Gasteiger partial charge in [0, 0.05) is 19.5 Å². The van der Waals surface area contributed by atoms with Crippen molar-refractivity contribution < 1.29 is 19.4 Å². The summed E-state index contributed by atoms with van der Waals surface area (Å²) in [6.45, 7) is 3.53. The van der Waals surface area contributed by atoms with Gasteiger partial charge < -0.3 is 14.7 Å². The zero-order chi connectivity index (χ0) is 12.0. The van der Waals surface area contributed by atoms with E-state index in [9.17, 15) is 9.59 Å². The molecule has 1 heterocycles. The van der Waals surface area contributed by atoms with Crippen LogP contribution in [0.4, 0.5) is 0 Å². The fraction of sp³-hybridized carbons (Fsp3) is 0.818. The summed E-state index contributed by atoms with van der Waals surface area (Å²) in [4.78, 5) is 23.6. The van der Waals surface area contributed by atoms with Crippen molar-refractivity contribution in [2.24, 2.45) is 0 Å². The highest BCUT2D eigenvalue weighted by Gasteiger charge is 2.25. The first-order valence-electron chi connectivity index (χ1n) is 5.74. The average molecular weight is 229 g/mol. The number of carbonyl (C=O) groups excluding carboxylic acids is 1. The molecule has 0 aromatic carbocycles. The summed E-state index contributed by atoms with van der Waals surface area (Å²) < 4.78 is 5.36. The highest BCUT2D eigenvalue weighted by Crippen LogP contribution is 2.12. The van der Waals surface area contributed by atoms with Crippen LogP contribution in [-0.2, 0) is 14.3 Å². The maximum atomic E-state index is 11.4. The molecule has 1 amide bonds. The first-order valence-corrected chi connectivity index (χ1v) is 5.74. The summed E-state index contributed by atoms with van der Waals surface area (Å²) in [5.41, 5.74) is 0. The molecule has 0 aromatic heterocycles. The van der Waals surface area contributed by atoms with Gasteiger partial charge >= 0.3 is 5.97 Å². The molecule has 1 rings (SSSR count). The van der Waals surface area contributed by atoms with Gasteiger partial charge in [-0.1, -0.05) is 6.92 Å². The van der Waals surface area contributed by atoms with Gasteiger partial charge in [0.15, 0.2) is 0 Å². The number of hydrogen-bond donors (Lipinski definition) is 1. The van der Waals surface area contributed by atoms with Crippen LogP contribution in [0.3, 0.4) is 0 Å². The molecule has 0 saturated carbocycles. The molecule has 1 atom stereocenters. The molecule has 1 aliphatic heterocycles. The number of nitrogens with zero attached hydrogens (tertiary/aromatic N) is 1. The van der Waals surface area contributed by atoms with E-state index in [1.807, 2.05) is 6.92 Å². The molecule has 1 aliphatic rings. The van der Waals surface area contributed by atoms with Crippen LogP contribution in [0.25, 0.3) is 0 Å². The SMILES string of the molecule is CCCN1CC(CCCC(=O)O)OCC1=O. The number of carboxylic acids is 1. The van der Waals surface area contributed by atoms with Gasteiger partial charge in [0.25, 0.3) is 0 Å². The lowest BCUT2D eigenvalue weighted by Crippen LogP contribution is -2.46. The maximum absolute atomic E-state index is 11.4. The van der Waals surface area contributed by atoms with Crippen molar-refractivity contribution in [1.29, 1.82) is 0 Å². The van der Waals surface area contributed by atoms with Crippen LogP contribution < -0.4 is 0 Å². The van der Waals surface area contributed by atoms with E-state index in [0.717, 1.165) is 13.0 Å². The molecule has 0 aromatic rings. The van der Waals surface area contributed by atoms with Crippen LogP contribution in [0.1, 0.15) is 32.6 Å². The van der Waals surface area contributed by atoms with Gasteiger partial charge in [0.05, 0.1) is 6.10 Å². The van der Waals surface area contributed by atoms with E-state index in [1.54, 1.807) is 4.90 Å². The Morgan fingerprint density at radius 1 is 1.62 bits per heavy atom. The number of carbonyl (C=O) groups is 2. The Kier molecular flexibility index (Phi) is 5.25. The van der Waals surface area contributed by atoms with Crippen LogP contribution in [-0.4, -0.2) is 47.7 Å². The van der Waals surface area contributed by atoms with Crippen molar-refractivity contribution in [3.8, 4) is 0 Å². The summed E-state index contributed by atoms with van der Waals surface area (Å²) in [7, 11) is 0. The number of carboxylic acid groups (broad SMARTS) is 1. The minimum Gasteiger partial charge on any atom is -0.481 e. The molecular weight excluding hydrogens is 210 g/mol. The second-order valence-corrected chi connectivity index (χ2v) is 4.06. The topological polar surface area (TPSA) is 66.8 Å². The van der Waals surface area contributed by atoms with Crippen LogP contribution in [0.2, 0.25) is 0 Å². The number of aliphatic carboxylic acids is 1. The Bertz CT molecular complexity index is 254. The first-order chi connectivity index (χ1) is 7.63. The molecule has 5 nitrogen and oxygen atoms in total. The number of ether oxygens (including phenoxy) is 1. The van der Waals surface area contributed by atoms with Gasteiger partial charge in [-0.15, -0.1) is 0 Å². The average Bonchev–Trinajstić information content (AvgIpc) is 2.22. The molecule has 5 heteroatoms. The molecule has 1 N–H and O–H groups in total. The quantitative estimate of drug-likeness (QED) is 0.734. The first kappa shape index (κ1) is 13.0. The fourth-order valence-electron chi connectivity index (χ4n) is 1.82. The van der Waals surface area contributed by atoms with E-state index in [2.05, 4.69) is 0 Å². The van der Waals surface area contributed by atoms with Crippen molar-refractivity contribution in [1.82, 2.24) is 4.90 Å². The van der Waals surface area contributed by atoms with E-state index < -0.39 is 5.97 Å². The second-order valence-electron chi connectivity index (χ2n) is 4.06. The van der Waals surface area contributed by atoms with Gasteiger partial charge in [-0.3, -0.25) is 9.59 Å². The van der Waals surface area contributed by atoms with Crippen LogP contribution >= 0.6 is 0 Å². The second kappa shape index (κ2) is 6.48. The summed E-state index contributed by atoms with van der Waals surface area (Å²) in [6, 6.07) is 0. The third-order valence-electron chi connectivity index (χ3n) is 2.63. The Morgan fingerprint density at radius 2 is 2.38 bits per heavy atom. The molecule has 1 saturated heterocycles. The van der Waals surface area contributed by atoms with Crippen molar-refractivity contribution in [3.05, 3.63) is 0 Å². The number of morpholine rings is 1. The number of hydrogen-bond acceptors (Lipinski definition) is 3. The summed E-state index contributed by atoms with van der Waals surface area (Å²) in [5.74, 6) is -0.742. The highest BCUT2D eigenvalue weighted by atomic mass is 16.5. The van der Waals surface area contributed by atoms with Gasteiger partial charge in [0.2, 0.25) is 5.91 Å². The van der Waals surface area contributed by atoms with E-state index in [-0.39, 0.29) is 25.0 Å². The third kappa shape index (κ3) is 4.18. The summed E-state index contributed by atoms with van der Waals surface area (Å²) >= 11 is 0. The van der Waals surface area contributed by atoms with E-state index in [1.165, 1.54) is 0 Å². The number of rotatable bonds is 6. The fourth-order valence-corrected chi connectivity index (χ4v) is 1.82. The maximum Gasteiger partial charge on any atom is 0.303 e. The van der Waals surface area contributed by atoms with E-state index >= 15 is 0 Å². The van der Waals surface area contributed by atoms with Crippen molar-refractivity contribution in [2.75, 3.05) is 19.7 Å². The van der Waals surface area contributed by atoms with Gasteiger partial charge in [-0.05, 0) is 19.3 Å². The van der Waals surface area contributed by atoms with Crippen LogP contribution in [0, 0.1) is 0 Å². The van der Waals surface area contributed by atoms with E-state index in [4.69, 9.17) is 9.84 Å². The number of amides is 1. The standard InChI is InChI=1S/C11H19NO4/c1-2-6-12-7-9(16-8-10(12)13)4-3-5-11(14)15/h9H,2-8H2,1H3,(H,14,15). The normalized spacial score (nSPS) is 21.2. The molecule has 1 unspecified atom stereocenters. The summed E-state index contributed by atoms with van der Waals surface area (Å²) in [5, 5.41) is 8.52. The zero-order valence-corrected chi connectivity index (χ0v) is 9.65. The molecule has 0 spiro atoms. The van der Waals surface area contributed by atoms with Crippen LogP contribution in [0.5, 0.6) is 0 Å². The molecule has 1 fully saturated rings. The van der Waals surface area contributed by atoms with Crippen molar-refractivity contribution >= 4 is 11.9 Å². The Labute approximate surface area is 95.4 Å². The molecule has 0 radical (unpaired) electrons. The Morgan fingerprint density at radius 3 is 3.00 bits per heavy atom. The predicted molar refractivity (Wildman–Crippen MR) is 58.1 cm³/mol. The monoisotopic (exact) mass is 229 g/mol. The lowest BCUT2D eigenvalue weighted by atomic mass is 10.1. The molecule has 0 bridgehead atoms. The summed E-state index contributed by atoms with van der Waals surface area (Å²) in [6.07, 6.45) is 2.42.